The fraction of sp³-hybridized carbons (Fsp3) is 0.240. The van der Waals surface area contributed by atoms with Crippen molar-refractivity contribution in [2.24, 2.45) is 0 Å². The van der Waals surface area contributed by atoms with Gasteiger partial charge in [0.05, 0.1) is 26.2 Å². The van der Waals surface area contributed by atoms with Crippen LogP contribution < -0.4 is 10.7 Å². The van der Waals surface area contributed by atoms with Crippen molar-refractivity contribution >= 4 is 54.7 Å². The Balaban J connectivity index is 1.52. The lowest BCUT2D eigenvalue weighted by Gasteiger charge is -2.15. The zero-order chi connectivity index (χ0) is 22.4. The average Bonchev–Trinajstić information content (AvgIpc) is 3.59. The molecule has 1 amide bonds. The summed E-state index contributed by atoms with van der Waals surface area (Å²) < 4.78 is 2.99. The summed E-state index contributed by atoms with van der Waals surface area (Å²) >= 11 is 3.07. The van der Waals surface area contributed by atoms with E-state index < -0.39 is 0 Å². The maximum atomic E-state index is 13.6. The van der Waals surface area contributed by atoms with E-state index in [4.69, 9.17) is 4.98 Å². The summed E-state index contributed by atoms with van der Waals surface area (Å²) in [6.07, 6.45) is 2.42. The SMILES string of the molecule is O=C(NCCN1CCCC1)c1c(=O)c2ccc(-c3cccs3)nc2n2c1sc1ccccc12. The maximum absolute atomic E-state index is 13.6. The van der Waals surface area contributed by atoms with Gasteiger partial charge in [-0.25, -0.2) is 4.98 Å². The maximum Gasteiger partial charge on any atom is 0.258 e. The van der Waals surface area contributed by atoms with Crippen molar-refractivity contribution in [3.8, 4) is 10.6 Å². The third-order valence-electron chi connectivity index (χ3n) is 6.20. The van der Waals surface area contributed by atoms with Crippen LogP contribution in [0.3, 0.4) is 0 Å². The number of rotatable bonds is 5. The number of para-hydroxylation sites is 1. The molecule has 0 bridgehead atoms. The van der Waals surface area contributed by atoms with Crippen LogP contribution in [0.5, 0.6) is 0 Å². The van der Waals surface area contributed by atoms with Gasteiger partial charge in [-0.05, 0) is 61.6 Å². The van der Waals surface area contributed by atoms with Gasteiger partial charge in [0.15, 0.2) is 0 Å². The Morgan fingerprint density at radius 2 is 1.91 bits per heavy atom. The van der Waals surface area contributed by atoms with Gasteiger partial charge < -0.3 is 10.2 Å². The number of carbonyl (C=O) groups is 1. The van der Waals surface area contributed by atoms with Crippen molar-refractivity contribution in [1.29, 1.82) is 0 Å². The molecule has 1 aromatic carbocycles. The quantitative estimate of drug-likeness (QED) is 0.404. The van der Waals surface area contributed by atoms with Crippen LogP contribution in [-0.2, 0) is 0 Å². The highest BCUT2D eigenvalue weighted by Crippen LogP contribution is 2.32. The molecule has 33 heavy (non-hydrogen) atoms. The number of carbonyl (C=O) groups excluding carboxylic acids is 1. The van der Waals surface area contributed by atoms with Gasteiger partial charge >= 0.3 is 0 Å². The fourth-order valence-corrected chi connectivity index (χ4v) is 6.45. The van der Waals surface area contributed by atoms with E-state index in [2.05, 4.69) is 10.2 Å². The lowest BCUT2D eigenvalue weighted by Crippen LogP contribution is -2.35. The van der Waals surface area contributed by atoms with Crippen molar-refractivity contribution in [2.75, 3.05) is 26.2 Å². The Morgan fingerprint density at radius 3 is 2.73 bits per heavy atom. The van der Waals surface area contributed by atoms with Gasteiger partial charge in [-0.15, -0.1) is 22.7 Å². The number of pyridine rings is 2. The number of aromatic nitrogens is 2. The number of hydrogen-bond acceptors (Lipinski definition) is 6. The minimum absolute atomic E-state index is 0.204. The lowest BCUT2D eigenvalue weighted by atomic mass is 10.1. The van der Waals surface area contributed by atoms with Crippen LogP contribution in [-0.4, -0.2) is 46.4 Å². The van der Waals surface area contributed by atoms with E-state index in [0.29, 0.717) is 22.4 Å². The van der Waals surface area contributed by atoms with Crippen LogP contribution in [0, 0.1) is 0 Å². The molecule has 6 nitrogen and oxygen atoms in total. The molecule has 1 aliphatic rings. The first-order valence-corrected chi connectivity index (χ1v) is 12.8. The third kappa shape index (κ3) is 3.55. The van der Waals surface area contributed by atoms with Gasteiger partial charge in [0.25, 0.3) is 5.91 Å². The first-order valence-electron chi connectivity index (χ1n) is 11.1. The van der Waals surface area contributed by atoms with Crippen molar-refractivity contribution in [1.82, 2.24) is 19.6 Å². The van der Waals surface area contributed by atoms with Crippen LogP contribution in [0.15, 0.2) is 58.7 Å². The first kappa shape index (κ1) is 20.5. The molecule has 5 aromatic rings. The molecule has 0 spiro atoms. The molecule has 1 aliphatic heterocycles. The highest BCUT2D eigenvalue weighted by atomic mass is 32.1. The molecule has 1 N–H and O–H groups in total. The van der Waals surface area contributed by atoms with Crippen LogP contribution in [0.2, 0.25) is 0 Å². The molecular weight excluding hydrogens is 452 g/mol. The van der Waals surface area contributed by atoms with Crippen molar-refractivity contribution in [3.05, 3.63) is 69.7 Å². The number of thiophene rings is 1. The summed E-state index contributed by atoms with van der Waals surface area (Å²) in [7, 11) is 0. The van der Waals surface area contributed by atoms with Crippen LogP contribution in [0.1, 0.15) is 23.2 Å². The van der Waals surface area contributed by atoms with E-state index in [1.807, 2.05) is 52.2 Å². The number of benzene rings is 1. The minimum atomic E-state index is -0.313. The largest absolute Gasteiger partial charge is 0.351 e. The molecule has 1 fully saturated rings. The Hall–Kier alpha value is -3.07. The molecule has 5 heterocycles. The summed E-state index contributed by atoms with van der Waals surface area (Å²) in [4.78, 5) is 35.8. The van der Waals surface area contributed by atoms with Gasteiger partial charge in [0.1, 0.15) is 16.0 Å². The molecular formula is C25H22N4O2S2. The second-order valence-electron chi connectivity index (χ2n) is 8.26. The summed E-state index contributed by atoms with van der Waals surface area (Å²) in [6, 6.07) is 15.6. The van der Waals surface area contributed by atoms with Crippen molar-refractivity contribution in [2.45, 2.75) is 12.8 Å². The van der Waals surface area contributed by atoms with E-state index in [1.165, 1.54) is 24.2 Å². The average molecular weight is 475 g/mol. The van der Waals surface area contributed by atoms with Gasteiger partial charge in [0.2, 0.25) is 5.43 Å². The molecule has 0 radical (unpaired) electrons. The zero-order valence-corrected chi connectivity index (χ0v) is 19.5. The van der Waals surface area contributed by atoms with Gasteiger partial charge in [-0.3, -0.25) is 14.0 Å². The molecule has 1 saturated heterocycles. The summed E-state index contributed by atoms with van der Waals surface area (Å²) in [5.41, 5.74) is 2.30. The summed E-state index contributed by atoms with van der Waals surface area (Å²) in [6.45, 7) is 3.49. The summed E-state index contributed by atoms with van der Waals surface area (Å²) in [5.74, 6) is -0.313. The lowest BCUT2D eigenvalue weighted by molar-refractivity contribution is 0.0950. The number of hydrogen-bond donors (Lipinski definition) is 1. The molecule has 0 saturated carbocycles. The monoisotopic (exact) mass is 474 g/mol. The standard InChI is InChI=1S/C25H22N4O2S2/c30-22-16-9-10-17(19-8-5-15-32-19)27-23(16)29-18-6-1-2-7-20(18)33-25(29)21(22)24(31)26-11-14-28-12-3-4-13-28/h1-2,5-10,15H,3-4,11-14H2,(H,26,31). The van der Waals surface area contributed by atoms with E-state index in [-0.39, 0.29) is 16.9 Å². The molecule has 166 valence electrons. The number of nitrogens with zero attached hydrogens (tertiary/aromatic N) is 3. The molecule has 6 rings (SSSR count). The predicted molar refractivity (Wildman–Crippen MR) is 136 cm³/mol. The Labute approximate surface area is 198 Å². The third-order valence-corrected chi connectivity index (χ3v) is 8.24. The number of fused-ring (bicyclic) bond motifs is 5. The Bertz CT molecular complexity index is 1550. The second-order valence-corrected chi connectivity index (χ2v) is 10.2. The van der Waals surface area contributed by atoms with E-state index in [1.54, 1.807) is 17.4 Å². The van der Waals surface area contributed by atoms with Gasteiger partial charge in [0, 0.05) is 13.1 Å². The molecule has 8 heteroatoms. The van der Waals surface area contributed by atoms with Crippen LogP contribution >= 0.6 is 22.7 Å². The zero-order valence-electron chi connectivity index (χ0n) is 17.9. The molecule has 0 unspecified atom stereocenters. The van der Waals surface area contributed by atoms with E-state index in [9.17, 15) is 9.59 Å². The fourth-order valence-electron chi connectivity index (χ4n) is 4.57. The van der Waals surface area contributed by atoms with Crippen LogP contribution in [0.4, 0.5) is 0 Å². The van der Waals surface area contributed by atoms with Crippen molar-refractivity contribution < 1.29 is 4.79 Å². The van der Waals surface area contributed by atoms with E-state index >= 15 is 0 Å². The highest BCUT2D eigenvalue weighted by Gasteiger charge is 2.23. The highest BCUT2D eigenvalue weighted by molar-refractivity contribution is 7.24. The minimum Gasteiger partial charge on any atom is -0.351 e. The van der Waals surface area contributed by atoms with Crippen molar-refractivity contribution in [3.63, 3.8) is 0 Å². The number of thiazole rings is 1. The number of nitrogens with one attached hydrogen (secondary N) is 1. The first-order chi connectivity index (χ1) is 16.2. The second kappa shape index (κ2) is 8.37. The number of amides is 1. The molecule has 0 atom stereocenters. The topological polar surface area (TPSA) is 66.7 Å². The predicted octanol–water partition coefficient (Wildman–Crippen LogP) is 4.62. The smallest absolute Gasteiger partial charge is 0.258 e. The van der Waals surface area contributed by atoms with Gasteiger partial charge in [-0.1, -0.05) is 18.2 Å². The van der Waals surface area contributed by atoms with E-state index in [0.717, 1.165) is 40.4 Å². The Kier molecular flexibility index (Phi) is 5.21. The normalized spacial score (nSPS) is 14.5. The molecule has 0 aliphatic carbocycles. The summed E-state index contributed by atoms with van der Waals surface area (Å²) in [5, 5.41) is 5.47. The number of likely N-dealkylation sites (tertiary alicyclic amines) is 1. The Morgan fingerprint density at radius 1 is 1.06 bits per heavy atom. The van der Waals surface area contributed by atoms with Gasteiger partial charge in [-0.2, -0.15) is 0 Å². The van der Waals surface area contributed by atoms with Crippen LogP contribution in [0.25, 0.3) is 36.7 Å². The molecule has 4 aromatic heterocycles.